The first-order valence-corrected chi connectivity index (χ1v) is 4.96. The lowest BCUT2D eigenvalue weighted by Gasteiger charge is -2.24. The van der Waals surface area contributed by atoms with Crippen molar-refractivity contribution in [1.82, 2.24) is 0 Å². The van der Waals surface area contributed by atoms with E-state index in [-0.39, 0.29) is 5.41 Å². The third-order valence-electron chi connectivity index (χ3n) is 2.66. The first-order chi connectivity index (χ1) is 6.47. The van der Waals surface area contributed by atoms with Crippen molar-refractivity contribution in [3.05, 3.63) is 35.4 Å². The lowest BCUT2D eigenvalue weighted by molar-refractivity contribution is 0.199. The average molecular weight is 193 g/mol. The van der Waals surface area contributed by atoms with Crippen LogP contribution >= 0.6 is 0 Å². The van der Waals surface area contributed by atoms with E-state index in [0.717, 1.165) is 5.56 Å². The Kier molecular flexibility index (Phi) is 3.29. The number of aliphatic hydroxyl groups is 1. The summed E-state index contributed by atoms with van der Waals surface area (Å²) in [6.07, 6.45) is -0.413. The standard InChI is InChI=1S/C12H19NO/c1-9(14)10-5-4-6-11(7-10)12(2,3)8-13/h4-7,9,14H,8,13H2,1-3H3. The van der Waals surface area contributed by atoms with Crippen LogP contribution in [0.5, 0.6) is 0 Å². The Balaban J connectivity index is 3.05. The maximum absolute atomic E-state index is 9.46. The summed E-state index contributed by atoms with van der Waals surface area (Å²) in [7, 11) is 0. The van der Waals surface area contributed by atoms with Gasteiger partial charge in [0.2, 0.25) is 0 Å². The molecule has 0 spiro atoms. The molecule has 0 heterocycles. The fourth-order valence-electron chi connectivity index (χ4n) is 1.34. The second-order valence-electron chi connectivity index (χ2n) is 4.39. The number of nitrogens with two attached hydrogens (primary N) is 1. The van der Waals surface area contributed by atoms with Crippen LogP contribution in [0.25, 0.3) is 0 Å². The smallest absolute Gasteiger partial charge is 0.0762 e. The van der Waals surface area contributed by atoms with Crippen LogP contribution in [0.3, 0.4) is 0 Å². The Bertz CT molecular complexity index is 305. The Morgan fingerprint density at radius 3 is 2.57 bits per heavy atom. The summed E-state index contributed by atoms with van der Waals surface area (Å²) in [4.78, 5) is 0. The van der Waals surface area contributed by atoms with Crippen molar-refractivity contribution < 1.29 is 5.11 Å². The van der Waals surface area contributed by atoms with Gasteiger partial charge in [-0.05, 0) is 18.1 Å². The molecule has 0 amide bonds. The van der Waals surface area contributed by atoms with E-state index in [9.17, 15) is 5.11 Å². The minimum absolute atomic E-state index is 0.0229. The summed E-state index contributed by atoms with van der Waals surface area (Å²) in [6, 6.07) is 7.98. The van der Waals surface area contributed by atoms with Gasteiger partial charge in [-0.25, -0.2) is 0 Å². The van der Waals surface area contributed by atoms with Gasteiger partial charge in [0.15, 0.2) is 0 Å². The lowest BCUT2D eigenvalue weighted by atomic mass is 9.84. The maximum Gasteiger partial charge on any atom is 0.0762 e. The maximum atomic E-state index is 9.46. The van der Waals surface area contributed by atoms with Gasteiger partial charge in [-0.15, -0.1) is 0 Å². The third-order valence-corrected chi connectivity index (χ3v) is 2.66. The van der Waals surface area contributed by atoms with Crippen LogP contribution in [0.2, 0.25) is 0 Å². The molecule has 1 rings (SSSR count). The number of hydrogen-bond acceptors (Lipinski definition) is 2. The van der Waals surface area contributed by atoms with Gasteiger partial charge >= 0.3 is 0 Å². The predicted molar refractivity (Wildman–Crippen MR) is 59.2 cm³/mol. The molecule has 2 nitrogen and oxygen atoms in total. The number of aliphatic hydroxyl groups excluding tert-OH is 1. The molecule has 0 fully saturated rings. The van der Waals surface area contributed by atoms with Gasteiger partial charge in [0.1, 0.15) is 0 Å². The van der Waals surface area contributed by atoms with Crippen molar-refractivity contribution in [2.75, 3.05) is 6.54 Å². The average Bonchev–Trinajstić information content (AvgIpc) is 2.18. The molecule has 14 heavy (non-hydrogen) atoms. The highest BCUT2D eigenvalue weighted by molar-refractivity contribution is 5.30. The van der Waals surface area contributed by atoms with Crippen molar-refractivity contribution in [3.63, 3.8) is 0 Å². The molecule has 0 aromatic heterocycles. The summed E-state index contributed by atoms with van der Waals surface area (Å²) in [5, 5.41) is 9.46. The van der Waals surface area contributed by atoms with Gasteiger partial charge < -0.3 is 10.8 Å². The molecular weight excluding hydrogens is 174 g/mol. The zero-order chi connectivity index (χ0) is 10.8. The van der Waals surface area contributed by atoms with Gasteiger partial charge in [0.05, 0.1) is 6.10 Å². The normalized spacial score (nSPS) is 14.1. The van der Waals surface area contributed by atoms with Crippen molar-refractivity contribution in [3.8, 4) is 0 Å². The molecule has 0 aliphatic carbocycles. The topological polar surface area (TPSA) is 46.2 Å². The first-order valence-electron chi connectivity index (χ1n) is 4.96. The van der Waals surface area contributed by atoms with E-state index in [4.69, 9.17) is 5.73 Å². The second kappa shape index (κ2) is 4.11. The molecule has 0 radical (unpaired) electrons. The SMILES string of the molecule is CC(O)c1cccc(C(C)(C)CN)c1. The van der Waals surface area contributed by atoms with Crippen molar-refractivity contribution in [2.24, 2.45) is 5.73 Å². The van der Waals surface area contributed by atoms with Crippen molar-refractivity contribution in [1.29, 1.82) is 0 Å². The largest absolute Gasteiger partial charge is 0.389 e. The molecule has 1 aromatic rings. The zero-order valence-corrected chi connectivity index (χ0v) is 9.12. The zero-order valence-electron chi connectivity index (χ0n) is 9.12. The highest BCUT2D eigenvalue weighted by Crippen LogP contribution is 2.24. The van der Waals surface area contributed by atoms with Crippen LogP contribution in [0, 0.1) is 0 Å². The summed E-state index contributed by atoms with van der Waals surface area (Å²) >= 11 is 0. The summed E-state index contributed by atoms with van der Waals surface area (Å²) in [6.45, 7) is 6.59. The molecule has 1 atom stereocenters. The molecule has 78 valence electrons. The molecule has 0 aliphatic rings. The second-order valence-corrected chi connectivity index (χ2v) is 4.39. The van der Waals surface area contributed by atoms with Gasteiger partial charge in [-0.2, -0.15) is 0 Å². The summed E-state index contributed by atoms with van der Waals surface area (Å²) in [5.41, 5.74) is 7.81. The van der Waals surface area contributed by atoms with Crippen LogP contribution in [0.1, 0.15) is 38.0 Å². The molecule has 0 aliphatic heterocycles. The highest BCUT2D eigenvalue weighted by atomic mass is 16.3. The van der Waals surface area contributed by atoms with E-state index in [2.05, 4.69) is 19.9 Å². The molecular formula is C12H19NO. The van der Waals surface area contributed by atoms with E-state index in [1.807, 2.05) is 18.2 Å². The minimum atomic E-state index is -0.413. The van der Waals surface area contributed by atoms with Gasteiger partial charge in [0.25, 0.3) is 0 Å². The van der Waals surface area contributed by atoms with E-state index >= 15 is 0 Å². The molecule has 0 saturated carbocycles. The molecule has 3 N–H and O–H groups in total. The molecule has 1 aromatic carbocycles. The Morgan fingerprint density at radius 2 is 2.07 bits per heavy atom. The lowest BCUT2D eigenvalue weighted by Crippen LogP contribution is -2.28. The van der Waals surface area contributed by atoms with Crippen LogP contribution in [-0.2, 0) is 5.41 Å². The van der Waals surface area contributed by atoms with Gasteiger partial charge in [0, 0.05) is 12.0 Å². The van der Waals surface area contributed by atoms with Crippen LogP contribution in [0.4, 0.5) is 0 Å². The number of benzene rings is 1. The van der Waals surface area contributed by atoms with Crippen LogP contribution < -0.4 is 5.73 Å². The van der Waals surface area contributed by atoms with Crippen molar-refractivity contribution >= 4 is 0 Å². The molecule has 0 saturated heterocycles. The minimum Gasteiger partial charge on any atom is -0.389 e. The Morgan fingerprint density at radius 1 is 1.43 bits per heavy atom. The van der Waals surface area contributed by atoms with Gasteiger partial charge in [-0.3, -0.25) is 0 Å². The molecule has 2 heteroatoms. The summed E-state index contributed by atoms with van der Waals surface area (Å²) < 4.78 is 0. The fraction of sp³-hybridized carbons (Fsp3) is 0.500. The first kappa shape index (κ1) is 11.2. The predicted octanol–water partition coefficient (Wildman–Crippen LogP) is 1.98. The Hall–Kier alpha value is -0.860. The number of rotatable bonds is 3. The quantitative estimate of drug-likeness (QED) is 0.771. The third kappa shape index (κ3) is 2.34. The van der Waals surface area contributed by atoms with Crippen LogP contribution in [0.15, 0.2) is 24.3 Å². The van der Waals surface area contributed by atoms with Crippen molar-refractivity contribution in [2.45, 2.75) is 32.3 Å². The molecule has 1 unspecified atom stereocenters. The van der Waals surface area contributed by atoms with E-state index < -0.39 is 6.10 Å². The van der Waals surface area contributed by atoms with E-state index in [0.29, 0.717) is 6.54 Å². The number of hydrogen-bond donors (Lipinski definition) is 2. The highest BCUT2D eigenvalue weighted by Gasteiger charge is 2.18. The monoisotopic (exact) mass is 193 g/mol. The Labute approximate surface area is 85.8 Å². The van der Waals surface area contributed by atoms with Crippen LogP contribution in [-0.4, -0.2) is 11.7 Å². The van der Waals surface area contributed by atoms with E-state index in [1.165, 1.54) is 5.56 Å². The molecule has 0 bridgehead atoms. The summed E-state index contributed by atoms with van der Waals surface area (Å²) in [5.74, 6) is 0. The van der Waals surface area contributed by atoms with E-state index in [1.54, 1.807) is 6.92 Å². The van der Waals surface area contributed by atoms with Gasteiger partial charge in [-0.1, -0.05) is 38.1 Å². The fourth-order valence-corrected chi connectivity index (χ4v) is 1.34.